The summed E-state index contributed by atoms with van der Waals surface area (Å²) in [5, 5.41) is 5.76. The zero-order chi connectivity index (χ0) is 17.6. The predicted molar refractivity (Wildman–Crippen MR) is 103 cm³/mol. The van der Waals surface area contributed by atoms with Crippen LogP contribution in [0.1, 0.15) is 40.7 Å². The van der Waals surface area contributed by atoms with Crippen LogP contribution >= 0.6 is 11.3 Å². The summed E-state index contributed by atoms with van der Waals surface area (Å²) in [6.45, 7) is 8.10. The van der Waals surface area contributed by atoms with Crippen molar-refractivity contribution in [3.8, 4) is 5.69 Å². The van der Waals surface area contributed by atoms with Gasteiger partial charge in [0.1, 0.15) is 4.83 Å². The second kappa shape index (κ2) is 6.30. The summed E-state index contributed by atoms with van der Waals surface area (Å²) in [6, 6.07) is 10.4. The van der Waals surface area contributed by atoms with Gasteiger partial charge in [-0.15, -0.1) is 11.3 Å². The van der Waals surface area contributed by atoms with E-state index in [1.54, 1.807) is 11.3 Å². The predicted octanol–water partition coefficient (Wildman–Crippen LogP) is 4.58. The summed E-state index contributed by atoms with van der Waals surface area (Å²) in [6.07, 6.45) is 2.21. The summed E-state index contributed by atoms with van der Waals surface area (Å²) in [5.74, 6) is 0.895. The average molecular weight is 353 g/mol. The Balaban J connectivity index is 1.69. The summed E-state index contributed by atoms with van der Waals surface area (Å²) >= 11 is 1.56. The number of benzene rings is 1. The molecule has 130 valence electrons. The number of rotatable bonds is 2. The van der Waals surface area contributed by atoms with Crippen molar-refractivity contribution < 1.29 is 4.79 Å². The van der Waals surface area contributed by atoms with E-state index in [0.717, 1.165) is 58.3 Å². The molecule has 1 aliphatic heterocycles. The number of nitrogens with zero attached hydrogens (tertiary/aromatic N) is 3. The lowest BCUT2D eigenvalue weighted by Gasteiger charge is -2.29. The minimum absolute atomic E-state index is 0.169. The van der Waals surface area contributed by atoms with Gasteiger partial charge in [0.2, 0.25) is 0 Å². The van der Waals surface area contributed by atoms with Crippen LogP contribution in [0.15, 0.2) is 30.3 Å². The van der Waals surface area contributed by atoms with E-state index >= 15 is 0 Å². The monoisotopic (exact) mass is 353 g/mol. The summed E-state index contributed by atoms with van der Waals surface area (Å²) in [5.41, 5.74) is 3.24. The lowest BCUT2D eigenvalue weighted by Crippen LogP contribution is -2.37. The molecule has 1 saturated heterocycles. The van der Waals surface area contributed by atoms with Gasteiger partial charge in [0.15, 0.2) is 0 Å². The molecule has 0 radical (unpaired) electrons. The van der Waals surface area contributed by atoms with Crippen molar-refractivity contribution in [2.75, 3.05) is 13.1 Å². The normalized spacial score (nSPS) is 15.9. The molecule has 1 fully saturated rings. The van der Waals surface area contributed by atoms with Crippen LogP contribution in [0.25, 0.3) is 15.9 Å². The molecule has 0 N–H and O–H groups in total. The standard InChI is InChI=1S/C20H23N3OS/c1-13-4-6-16(7-5-13)23-20-17(15(3)21-23)12-18(25-20)19(24)22-10-8-14(2)9-11-22/h4-7,12,14H,8-11H2,1-3H3. The number of amides is 1. The first-order chi connectivity index (χ1) is 12.0. The van der Waals surface area contributed by atoms with Crippen LogP contribution in [0.2, 0.25) is 0 Å². The molecule has 3 aromatic rings. The fourth-order valence-corrected chi connectivity index (χ4v) is 4.53. The minimum Gasteiger partial charge on any atom is -0.338 e. The lowest BCUT2D eigenvalue weighted by atomic mass is 9.99. The molecule has 25 heavy (non-hydrogen) atoms. The van der Waals surface area contributed by atoms with Crippen LogP contribution in [0.4, 0.5) is 0 Å². The zero-order valence-electron chi connectivity index (χ0n) is 15.0. The van der Waals surface area contributed by atoms with Crippen molar-refractivity contribution in [3.63, 3.8) is 0 Å². The number of aryl methyl sites for hydroxylation is 2. The highest BCUT2D eigenvalue weighted by atomic mass is 32.1. The Bertz CT molecular complexity index is 914. The van der Waals surface area contributed by atoms with Gasteiger partial charge in [-0.2, -0.15) is 5.10 Å². The van der Waals surface area contributed by atoms with Crippen LogP contribution in [0, 0.1) is 19.8 Å². The fourth-order valence-electron chi connectivity index (χ4n) is 3.38. The third-order valence-electron chi connectivity index (χ3n) is 5.10. The van der Waals surface area contributed by atoms with E-state index in [0.29, 0.717) is 0 Å². The molecule has 0 spiro atoms. The van der Waals surface area contributed by atoms with E-state index in [1.807, 2.05) is 22.6 Å². The second-order valence-electron chi connectivity index (χ2n) is 7.14. The molecular weight excluding hydrogens is 330 g/mol. The van der Waals surface area contributed by atoms with Crippen molar-refractivity contribution >= 4 is 27.5 Å². The molecule has 2 aromatic heterocycles. The highest BCUT2D eigenvalue weighted by molar-refractivity contribution is 7.20. The quantitative estimate of drug-likeness (QED) is 0.676. The Morgan fingerprint density at radius 2 is 1.84 bits per heavy atom. The van der Waals surface area contributed by atoms with E-state index in [4.69, 9.17) is 0 Å². The van der Waals surface area contributed by atoms with Gasteiger partial charge in [-0.1, -0.05) is 24.6 Å². The SMILES string of the molecule is Cc1ccc(-n2nc(C)c3cc(C(=O)N4CCC(C)CC4)sc32)cc1. The number of thiophene rings is 1. The number of hydrogen-bond donors (Lipinski definition) is 0. The molecule has 1 amide bonds. The van der Waals surface area contributed by atoms with Crippen molar-refractivity contribution in [2.45, 2.75) is 33.6 Å². The van der Waals surface area contributed by atoms with Gasteiger partial charge in [0, 0.05) is 18.5 Å². The molecule has 0 unspecified atom stereocenters. The second-order valence-corrected chi connectivity index (χ2v) is 8.17. The molecule has 0 saturated carbocycles. The maximum Gasteiger partial charge on any atom is 0.264 e. The first-order valence-corrected chi connectivity index (χ1v) is 9.70. The highest BCUT2D eigenvalue weighted by Gasteiger charge is 2.24. The molecule has 5 heteroatoms. The highest BCUT2D eigenvalue weighted by Crippen LogP contribution is 2.32. The summed E-state index contributed by atoms with van der Waals surface area (Å²) in [7, 11) is 0. The van der Waals surface area contributed by atoms with Crippen molar-refractivity contribution in [1.29, 1.82) is 0 Å². The van der Waals surface area contributed by atoms with E-state index in [1.165, 1.54) is 5.56 Å². The molecule has 4 rings (SSSR count). The number of carbonyl (C=O) groups is 1. The lowest BCUT2D eigenvalue weighted by molar-refractivity contribution is 0.0702. The van der Waals surface area contributed by atoms with E-state index in [2.05, 4.69) is 43.2 Å². The number of hydrogen-bond acceptors (Lipinski definition) is 3. The van der Waals surface area contributed by atoms with Gasteiger partial charge < -0.3 is 4.90 Å². The number of carbonyl (C=O) groups excluding carboxylic acids is 1. The molecule has 0 atom stereocenters. The van der Waals surface area contributed by atoms with Crippen LogP contribution in [0.5, 0.6) is 0 Å². The number of aromatic nitrogens is 2. The number of fused-ring (bicyclic) bond motifs is 1. The van der Waals surface area contributed by atoms with Gasteiger partial charge in [-0.05, 0) is 50.8 Å². The van der Waals surface area contributed by atoms with E-state index < -0.39 is 0 Å². The first-order valence-electron chi connectivity index (χ1n) is 8.88. The third-order valence-corrected chi connectivity index (χ3v) is 6.20. The Hall–Kier alpha value is -2.14. The van der Waals surface area contributed by atoms with Crippen LogP contribution in [0.3, 0.4) is 0 Å². The van der Waals surface area contributed by atoms with Gasteiger partial charge in [0.25, 0.3) is 5.91 Å². The first kappa shape index (κ1) is 16.3. The molecular formula is C20H23N3OS. The third kappa shape index (κ3) is 2.97. The zero-order valence-corrected chi connectivity index (χ0v) is 15.8. The van der Waals surface area contributed by atoms with Crippen LogP contribution in [-0.4, -0.2) is 33.7 Å². The van der Waals surface area contributed by atoms with Crippen LogP contribution in [-0.2, 0) is 0 Å². The summed E-state index contributed by atoms with van der Waals surface area (Å²) < 4.78 is 1.96. The van der Waals surface area contributed by atoms with Gasteiger partial charge in [0.05, 0.1) is 16.3 Å². The maximum absolute atomic E-state index is 12.9. The maximum atomic E-state index is 12.9. The van der Waals surface area contributed by atoms with Gasteiger partial charge >= 0.3 is 0 Å². The Labute approximate surface area is 152 Å². The molecule has 0 aliphatic carbocycles. The topological polar surface area (TPSA) is 38.1 Å². The van der Waals surface area contributed by atoms with Crippen molar-refractivity contribution in [3.05, 3.63) is 46.5 Å². The van der Waals surface area contributed by atoms with Gasteiger partial charge in [-0.3, -0.25) is 4.79 Å². The number of piperidine rings is 1. The van der Waals surface area contributed by atoms with E-state index in [-0.39, 0.29) is 5.91 Å². The van der Waals surface area contributed by atoms with Gasteiger partial charge in [-0.25, -0.2) is 4.68 Å². The summed E-state index contributed by atoms with van der Waals surface area (Å²) in [4.78, 5) is 16.8. The largest absolute Gasteiger partial charge is 0.338 e. The minimum atomic E-state index is 0.169. The van der Waals surface area contributed by atoms with Crippen LogP contribution < -0.4 is 0 Å². The average Bonchev–Trinajstić information content (AvgIpc) is 3.17. The van der Waals surface area contributed by atoms with E-state index in [9.17, 15) is 4.79 Å². The number of likely N-dealkylation sites (tertiary alicyclic amines) is 1. The molecule has 1 aliphatic rings. The molecule has 1 aromatic carbocycles. The van der Waals surface area contributed by atoms with Crippen molar-refractivity contribution in [2.24, 2.45) is 5.92 Å². The molecule has 4 nitrogen and oxygen atoms in total. The Morgan fingerprint density at radius 1 is 1.16 bits per heavy atom. The molecule has 3 heterocycles. The smallest absolute Gasteiger partial charge is 0.264 e. The fraction of sp³-hybridized carbons (Fsp3) is 0.400. The Kier molecular flexibility index (Phi) is 4.12. The molecule has 0 bridgehead atoms. The van der Waals surface area contributed by atoms with Crippen molar-refractivity contribution in [1.82, 2.24) is 14.7 Å². The Morgan fingerprint density at radius 3 is 2.52 bits per heavy atom.